The maximum Gasteiger partial charge on any atom is 0.416 e. The first-order valence-corrected chi connectivity index (χ1v) is 8.68. The Morgan fingerprint density at radius 3 is 2.42 bits per heavy atom. The van der Waals surface area contributed by atoms with Gasteiger partial charge in [-0.3, -0.25) is 4.79 Å². The molecular weight excluding hydrogens is 383 g/mol. The van der Waals surface area contributed by atoms with Gasteiger partial charge in [0.05, 0.1) is 10.5 Å². The Bertz CT molecular complexity index is 877. The van der Waals surface area contributed by atoms with Gasteiger partial charge in [0.15, 0.2) is 0 Å². The molecular formula is C18H12F3NO2S2. The molecule has 2 aromatic carbocycles. The lowest BCUT2D eigenvalue weighted by Gasteiger charge is -2.11. The summed E-state index contributed by atoms with van der Waals surface area (Å²) < 4.78 is 43.9. The van der Waals surface area contributed by atoms with Crippen molar-refractivity contribution in [2.45, 2.75) is 12.8 Å². The van der Waals surface area contributed by atoms with Crippen molar-refractivity contribution in [3.05, 3.63) is 70.1 Å². The Morgan fingerprint density at radius 1 is 1.12 bits per heavy atom. The summed E-state index contributed by atoms with van der Waals surface area (Å²) in [5.74, 6) is 0.253. The lowest BCUT2D eigenvalue weighted by molar-refractivity contribution is -0.137. The van der Waals surface area contributed by atoms with Crippen LogP contribution in [0.15, 0.2) is 53.4 Å². The van der Waals surface area contributed by atoms with Gasteiger partial charge >= 0.3 is 6.18 Å². The van der Waals surface area contributed by atoms with E-state index in [0.717, 1.165) is 12.1 Å². The second kappa shape index (κ2) is 7.51. The van der Waals surface area contributed by atoms with Crippen LogP contribution in [0.4, 0.5) is 13.2 Å². The number of para-hydroxylation sites is 1. The number of thioether (sulfide) groups is 1. The number of thiocarbonyl (C=S) groups is 1. The molecule has 1 saturated heterocycles. The van der Waals surface area contributed by atoms with Crippen LogP contribution in [0.1, 0.15) is 16.7 Å². The number of amides is 1. The summed E-state index contributed by atoms with van der Waals surface area (Å²) in [6.07, 6.45) is -2.69. The van der Waals surface area contributed by atoms with Crippen LogP contribution >= 0.6 is 24.0 Å². The van der Waals surface area contributed by atoms with E-state index in [1.165, 1.54) is 23.9 Å². The van der Waals surface area contributed by atoms with E-state index in [-0.39, 0.29) is 12.5 Å². The summed E-state index contributed by atoms with van der Waals surface area (Å²) in [5, 5.41) is 2.54. The zero-order valence-corrected chi connectivity index (χ0v) is 14.8. The summed E-state index contributed by atoms with van der Waals surface area (Å²) in [4.78, 5) is 12.2. The van der Waals surface area contributed by atoms with Gasteiger partial charge in [0.1, 0.15) is 16.7 Å². The van der Waals surface area contributed by atoms with Crippen molar-refractivity contribution >= 4 is 40.3 Å². The van der Waals surface area contributed by atoms with E-state index in [4.69, 9.17) is 17.0 Å². The number of benzene rings is 2. The largest absolute Gasteiger partial charge is 0.488 e. The van der Waals surface area contributed by atoms with E-state index in [1.807, 2.05) is 0 Å². The smallest absolute Gasteiger partial charge is 0.416 e. The maximum absolute atomic E-state index is 12.6. The fraction of sp³-hybridized carbons (Fsp3) is 0.111. The van der Waals surface area contributed by atoms with Crippen molar-refractivity contribution in [3.8, 4) is 5.75 Å². The van der Waals surface area contributed by atoms with Crippen molar-refractivity contribution in [1.29, 1.82) is 0 Å². The molecule has 3 rings (SSSR count). The minimum atomic E-state index is -4.36. The molecule has 0 bridgehead atoms. The van der Waals surface area contributed by atoms with E-state index in [1.54, 1.807) is 30.3 Å². The molecule has 0 aliphatic carbocycles. The summed E-state index contributed by atoms with van der Waals surface area (Å²) in [6, 6.07) is 11.9. The third kappa shape index (κ3) is 4.44. The molecule has 1 amide bonds. The fourth-order valence-corrected chi connectivity index (χ4v) is 3.28. The standard InChI is InChI=1S/C18H12F3NO2S2/c19-18(20,21)13-7-5-11(6-8-13)10-24-14-4-2-1-3-12(14)9-15-16(23)22-17(25)26-15/h1-9H,10H2,(H,22,23,25). The van der Waals surface area contributed by atoms with Gasteiger partial charge in [0.25, 0.3) is 5.91 Å². The number of carbonyl (C=O) groups excluding carboxylic acids is 1. The van der Waals surface area contributed by atoms with Crippen LogP contribution in [0.5, 0.6) is 5.75 Å². The van der Waals surface area contributed by atoms with Gasteiger partial charge in [0.2, 0.25) is 0 Å². The van der Waals surface area contributed by atoms with Crippen molar-refractivity contribution in [2.75, 3.05) is 0 Å². The Labute approximate surface area is 157 Å². The monoisotopic (exact) mass is 395 g/mol. The Kier molecular flexibility index (Phi) is 5.33. The molecule has 1 aliphatic heterocycles. The molecule has 3 nitrogen and oxygen atoms in total. The van der Waals surface area contributed by atoms with Crippen LogP contribution in [0, 0.1) is 0 Å². The van der Waals surface area contributed by atoms with Crippen LogP contribution in [-0.2, 0) is 17.6 Å². The second-order valence-corrected chi connectivity index (χ2v) is 7.09. The highest BCUT2D eigenvalue weighted by atomic mass is 32.2. The molecule has 0 radical (unpaired) electrons. The van der Waals surface area contributed by atoms with Gasteiger partial charge in [-0.15, -0.1) is 0 Å². The average Bonchev–Trinajstić information content (AvgIpc) is 2.91. The highest BCUT2D eigenvalue weighted by Gasteiger charge is 2.29. The van der Waals surface area contributed by atoms with Gasteiger partial charge in [-0.25, -0.2) is 0 Å². The molecule has 0 unspecified atom stereocenters. The van der Waals surface area contributed by atoms with Crippen LogP contribution in [-0.4, -0.2) is 10.2 Å². The maximum atomic E-state index is 12.6. The van der Waals surface area contributed by atoms with Crippen molar-refractivity contribution in [2.24, 2.45) is 0 Å². The molecule has 1 aliphatic rings. The van der Waals surface area contributed by atoms with E-state index < -0.39 is 11.7 Å². The predicted octanol–water partition coefficient (Wildman–Crippen LogP) is 4.77. The highest BCUT2D eigenvalue weighted by molar-refractivity contribution is 8.26. The SMILES string of the molecule is O=C1NC(=S)SC1=Cc1ccccc1OCc1ccc(C(F)(F)F)cc1. The Hall–Kier alpha value is -2.32. The first kappa shape index (κ1) is 18.5. The van der Waals surface area contributed by atoms with Crippen LogP contribution in [0.2, 0.25) is 0 Å². The molecule has 0 saturated carbocycles. The van der Waals surface area contributed by atoms with Gasteiger partial charge < -0.3 is 10.1 Å². The summed E-state index contributed by atoms with van der Waals surface area (Å²) >= 11 is 6.12. The van der Waals surface area contributed by atoms with Crippen LogP contribution < -0.4 is 10.1 Å². The summed E-state index contributed by atoms with van der Waals surface area (Å²) in [6.45, 7) is 0.107. The van der Waals surface area contributed by atoms with E-state index >= 15 is 0 Å². The molecule has 1 heterocycles. The van der Waals surface area contributed by atoms with E-state index in [2.05, 4.69) is 5.32 Å². The Morgan fingerprint density at radius 2 is 1.81 bits per heavy atom. The minimum absolute atomic E-state index is 0.107. The second-order valence-electron chi connectivity index (χ2n) is 5.37. The quantitative estimate of drug-likeness (QED) is 0.598. The molecule has 0 aromatic heterocycles. The fourth-order valence-electron chi connectivity index (χ4n) is 2.24. The lowest BCUT2D eigenvalue weighted by Crippen LogP contribution is -2.17. The van der Waals surface area contributed by atoms with E-state index in [9.17, 15) is 18.0 Å². The average molecular weight is 395 g/mol. The zero-order valence-electron chi connectivity index (χ0n) is 13.2. The molecule has 1 N–H and O–H groups in total. The van der Waals surface area contributed by atoms with Gasteiger partial charge in [0, 0.05) is 5.56 Å². The molecule has 8 heteroatoms. The molecule has 0 atom stereocenters. The third-order valence-electron chi connectivity index (χ3n) is 3.52. The highest BCUT2D eigenvalue weighted by Crippen LogP contribution is 2.31. The van der Waals surface area contributed by atoms with E-state index in [0.29, 0.717) is 26.1 Å². The first-order valence-electron chi connectivity index (χ1n) is 7.46. The number of alkyl halides is 3. The number of carbonyl (C=O) groups is 1. The minimum Gasteiger partial charge on any atom is -0.488 e. The topological polar surface area (TPSA) is 38.3 Å². The molecule has 134 valence electrons. The molecule has 26 heavy (non-hydrogen) atoms. The lowest BCUT2D eigenvalue weighted by atomic mass is 10.1. The van der Waals surface area contributed by atoms with Crippen LogP contribution in [0.25, 0.3) is 6.08 Å². The number of rotatable bonds is 4. The number of ether oxygens (including phenoxy) is 1. The molecule has 2 aromatic rings. The van der Waals surface area contributed by atoms with Gasteiger partial charge in [-0.1, -0.05) is 54.3 Å². The van der Waals surface area contributed by atoms with Crippen molar-refractivity contribution < 1.29 is 22.7 Å². The van der Waals surface area contributed by atoms with Crippen molar-refractivity contribution in [1.82, 2.24) is 5.32 Å². The summed E-state index contributed by atoms with van der Waals surface area (Å²) in [5.41, 5.74) is 0.586. The normalized spacial score (nSPS) is 16.0. The van der Waals surface area contributed by atoms with Crippen molar-refractivity contribution in [3.63, 3.8) is 0 Å². The van der Waals surface area contributed by atoms with Gasteiger partial charge in [-0.05, 0) is 29.8 Å². The first-order chi connectivity index (χ1) is 12.3. The number of nitrogens with one attached hydrogen (secondary N) is 1. The third-order valence-corrected chi connectivity index (χ3v) is 4.69. The van der Waals surface area contributed by atoms with Gasteiger partial charge in [-0.2, -0.15) is 13.2 Å². The number of hydrogen-bond donors (Lipinski definition) is 1. The summed E-state index contributed by atoms with van der Waals surface area (Å²) in [7, 11) is 0. The predicted molar refractivity (Wildman–Crippen MR) is 98.5 cm³/mol. The molecule has 0 spiro atoms. The number of halogens is 3. The van der Waals surface area contributed by atoms with Crippen LogP contribution in [0.3, 0.4) is 0 Å². The number of hydrogen-bond acceptors (Lipinski definition) is 4. The zero-order chi connectivity index (χ0) is 18.7. The molecule has 1 fully saturated rings. The Balaban J connectivity index is 1.74.